The standard InChI is InChI=1S/C20H17F2NO/c1-13(16-8-9-18(21)19(22)12-16)23-20(24)11-14-6-7-15-4-2-3-5-17(15)10-14/h2-10,12-13H,11H2,1H3,(H,23,24). The van der Waals surface area contributed by atoms with E-state index in [1.807, 2.05) is 42.5 Å². The summed E-state index contributed by atoms with van der Waals surface area (Å²) >= 11 is 0. The molecule has 0 aliphatic carbocycles. The molecule has 1 atom stereocenters. The fourth-order valence-corrected chi connectivity index (χ4v) is 2.69. The molecule has 0 aliphatic rings. The first-order valence-electron chi connectivity index (χ1n) is 7.75. The minimum absolute atomic E-state index is 0.164. The number of halogens is 2. The molecule has 2 nitrogen and oxygen atoms in total. The van der Waals surface area contributed by atoms with Gasteiger partial charge in [0.2, 0.25) is 5.91 Å². The summed E-state index contributed by atoms with van der Waals surface area (Å²) in [6, 6.07) is 17.1. The molecule has 0 saturated carbocycles. The number of nitrogens with one attached hydrogen (secondary N) is 1. The lowest BCUT2D eigenvalue weighted by molar-refractivity contribution is -0.121. The van der Waals surface area contributed by atoms with Crippen LogP contribution in [-0.2, 0) is 11.2 Å². The highest BCUT2D eigenvalue weighted by Crippen LogP contribution is 2.18. The van der Waals surface area contributed by atoms with Crippen LogP contribution in [0.4, 0.5) is 8.78 Å². The molecule has 3 aromatic rings. The molecule has 0 spiro atoms. The molecule has 24 heavy (non-hydrogen) atoms. The molecule has 0 radical (unpaired) electrons. The highest BCUT2D eigenvalue weighted by atomic mass is 19.2. The van der Waals surface area contributed by atoms with E-state index in [1.165, 1.54) is 6.07 Å². The summed E-state index contributed by atoms with van der Waals surface area (Å²) in [7, 11) is 0. The van der Waals surface area contributed by atoms with Crippen molar-refractivity contribution in [1.29, 1.82) is 0 Å². The Hall–Kier alpha value is -2.75. The van der Waals surface area contributed by atoms with Gasteiger partial charge in [0.15, 0.2) is 11.6 Å². The van der Waals surface area contributed by atoms with Crippen LogP contribution in [0.5, 0.6) is 0 Å². The number of rotatable bonds is 4. The Morgan fingerprint density at radius 1 is 0.958 bits per heavy atom. The van der Waals surface area contributed by atoms with Gasteiger partial charge in [-0.3, -0.25) is 4.79 Å². The summed E-state index contributed by atoms with van der Waals surface area (Å²) in [6.45, 7) is 1.74. The summed E-state index contributed by atoms with van der Waals surface area (Å²) in [5.41, 5.74) is 1.43. The van der Waals surface area contributed by atoms with Crippen LogP contribution in [0.15, 0.2) is 60.7 Å². The quantitative estimate of drug-likeness (QED) is 0.750. The normalized spacial score (nSPS) is 12.1. The number of amides is 1. The average molecular weight is 325 g/mol. The van der Waals surface area contributed by atoms with E-state index in [2.05, 4.69) is 5.32 Å². The third-order valence-corrected chi connectivity index (χ3v) is 4.00. The van der Waals surface area contributed by atoms with Gasteiger partial charge in [-0.15, -0.1) is 0 Å². The second kappa shape index (κ2) is 6.79. The van der Waals surface area contributed by atoms with Gasteiger partial charge in [0.25, 0.3) is 0 Å². The van der Waals surface area contributed by atoms with Gasteiger partial charge >= 0.3 is 0 Å². The summed E-state index contributed by atoms with van der Waals surface area (Å²) in [5, 5.41) is 5.01. The zero-order valence-corrected chi connectivity index (χ0v) is 13.2. The van der Waals surface area contributed by atoms with Gasteiger partial charge in [0.1, 0.15) is 0 Å². The van der Waals surface area contributed by atoms with Crippen molar-refractivity contribution < 1.29 is 13.6 Å². The van der Waals surface area contributed by atoms with Gasteiger partial charge in [0.05, 0.1) is 12.5 Å². The molecule has 3 aromatic carbocycles. The predicted molar refractivity (Wildman–Crippen MR) is 90.6 cm³/mol. The van der Waals surface area contributed by atoms with Gasteiger partial charge in [-0.1, -0.05) is 48.5 Å². The van der Waals surface area contributed by atoms with Crippen LogP contribution in [0.1, 0.15) is 24.1 Å². The number of hydrogen-bond acceptors (Lipinski definition) is 1. The summed E-state index contributed by atoms with van der Waals surface area (Å²) < 4.78 is 26.3. The average Bonchev–Trinajstić information content (AvgIpc) is 2.57. The maximum atomic E-state index is 13.3. The van der Waals surface area contributed by atoms with Crippen LogP contribution < -0.4 is 5.32 Å². The molecule has 0 aromatic heterocycles. The largest absolute Gasteiger partial charge is 0.349 e. The Labute approximate surface area is 139 Å². The van der Waals surface area contributed by atoms with E-state index in [-0.39, 0.29) is 12.3 Å². The number of carbonyl (C=O) groups is 1. The van der Waals surface area contributed by atoms with Crippen LogP contribution in [0, 0.1) is 11.6 Å². The first-order chi connectivity index (χ1) is 11.5. The van der Waals surface area contributed by atoms with E-state index in [1.54, 1.807) is 6.92 Å². The van der Waals surface area contributed by atoms with Crippen LogP contribution in [0.25, 0.3) is 10.8 Å². The van der Waals surface area contributed by atoms with Gasteiger partial charge in [0, 0.05) is 0 Å². The molecular weight excluding hydrogens is 308 g/mol. The Morgan fingerprint density at radius 2 is 1.71 bits per heavy atom. The third-order valence-electron chi connectivity index (χ3n) is 4.00. The summed E-state index contributed by atoms with van der Waals surface area (Å²) in [4.78, 5) is 12.2. The van der Waals surface area contributed by atoms with Crippen molar-refractivity contribution in [3.8, 4) is 0 Å². The van der Waals surface area contributed by atoms with Crippen molar-refractivity contribution in [2.75, 3.05) is 0 Å². The van der Waals surface area contributed by atoms with E-state index < -0.39 is 17.7 Å². The molecule has 122 valence electrons. The highest BCUT2D eigenvalue weighted by Gasteiger charge is 2.12. The zero-order chi connectivity index (χ0) is 17.1. The lowest BCUT2D eigenvalue weighted by Gasteiger charge is -2.15. The lowest BCUT2D eigenvalue weighted by atomic mass is 10.0. The monoisotopic (exact) mass is 325 g/mol. The number of fused-ring (bicyclic) bond motifs is 1. The molecule has 0 fully saturated rings. The van der Waals surface area contributed by atoms with E-state index in [9.17, 15) is 13.6 Å². The highest BCUT2D eigenvalue weighted by molar-refractivity contribution is 5.85. The number of hydrogen-bond donors (Lipinski definition) is 1. The molecule has 3 rings (SSSR count). The van der Waals surface area contributed by atoms with Gasteiger partial charge in [-0.2, -0.15) is 0 Å². The number of carbonyl (C=O) groups excluding carboxylic acids is 1. The van der Waals surface area contributed by atoms with Crippen molar-refractivity contribution in [2.24, 2.45) is 0 Å². The minimum Gasteiger partial charge on any atom is -0.349 e. The summed E-state index contributed by atoms with van der Waals surface area (Å²) in [5.74, 6) is -1.97. The lowest BCUT2D eigenvalue weighted by Crippen LogP contribution is -2.28. The second-order valence-electron chi connectivity index (χ2n) is 5.82. The maximum Gasteiger partial charge on any atom is 0.224 e. The minimum atomic E-state index is -0.914. The Morgan fingerprint density at radius 3 is 2.46 bits per heavy atom. The Bertz CT molecular complexity index is 892. The van der Waals surface area contributed by atoms with Crippen molar-refractivity contribution in [3.63, 3.8) is 0 Å². The van der Waals surface area contributed by atoms with Crippen LogP contribution in [-0.4, -0.2) is 5.91 Å². The van der Waals surface area contributed by atoms with Crippen molar-refractivity contribution >= 4 is 16.7 Å². The topological polar surface area (TPSA) is 29.1 Å². The maximum absolute atomic E-state index is 13.3. The fraction of sp³-hybridized carbons (Fsp3) is 0.150. The predicted octanol–water partition coefficient (Wildman–Crippen LogP) is 4.54. The van der Waals surface area contributed by atoms with Crippen LogP contribution in [0.3, 0.4) is 0 Å². The summed E-state index contributed by atoms with van der Waals surface area (Å²) in [6.07, 6.45) is 0.235. The molecule has 0 saturated heterocycles. The second-order valence-corrected chi connectivity index (χ2v) is 5.82. The first kappa shape index (κ1) is 16.1. The first-order valence-corrected chi connectivity index (χ1v) is 7.75. The number of benzene rings is 3. The molecule has 1 amide bonds. The van der Waals surface area contributed by atoms with E-state index >= 15 is 0 Å². The molecule has 0 aliphatic heterocycles. The van der Waals surface area contributed by atoms with Crippen LogP contribution in [0.2, 0.25) is 0 Å². The molecule has 4 heteroatoms. The van der Waals surface area contributed by atoms with Gasteiger partial charge < -0.3 is 5.32 Å². The van der Waals surface area contributed by atoms with Gasteiger partial charge in [-0.25, -0.2) is 8.78 Å². The SMILES string of the molecule is CC(NC(=O)Cc1ccc2ccccc2c1)c1ccc(F)c(F)c1. The molecule has 0 heterocycles. The van der Waals surface area contributed by atoms with Gasteiger partial charge in [-0.05, 0) is 41.0 Å². The smallest absolute Gasteiger partial charge is 0.224 e. The molecule has 0 bridgehead atoms. The van der Waals surface area contributed by atoms with Crippen LogP contribution >= 0.6 is 0 Å². The van der Waals surface area contributed by atoms with E-state index in [0.29, 0.717) is 5.56 Å². The zero-order valence-electron chi connectivity index (χ0n) is 13.2. The van der Waals surface area contributed by atoms with Crippen molar-refractivity contribution in [1.82, 2.24) is 5.32 Å². The Kier molecular flexibility index (Phi) is 4.56. The van der Waals surface area contributed by atoms with Crippen molar-refractivity contribution in [3.05, 3.63) is 83.4 Å². The third kappa shape index (κ3) is 3.59. The Balaban J connectivity index is 1.68. The van der Waals surface area contributed by atoms with E-state index in [0.717, 1.165) is 28.5 Å². The van der Waals surface area contributed by atoms with Crippen molar-refractivity contribution in [2.45, 2.75) is 19.4 Å². The molecule has 1 unspecified atom stereocenters. The fourth-order valence-electron chi connectivity index (χ4n) is 2.69. The van der Waals surface area contributed by atoms with E-state index in [4.69, 9.17) is 0 Å². The molecular formula is C20H17F2NO. The molecule has 1 N–H and O–H groups in total.